The lowest BCUT2D eigenvalue weighted by atomic mass is 10.2. The van der Waals surface area contributed by atoms with Gasteiger partial charge in [-0.05, 0) is 38.9 Å². The van der Waals surface area contributed by atoms with Crippen LogP contribution in [0, 0.1) is 18.3 Å². The van der Waals surface area contributed by atoms with Gasteiger partial charge in [-0.25, -0.2) is 4.98 Å². The van der Waals surface area contributed by atoms with Crippen LogP contribution in [0.15, 0.2) is 12.1 Å². The quantitative estimate of drug-likeness (QED) is 0.774. The third-order valence-electron chi connectivity index (χ3n) is 2.97. The molecule has 17 heavy (non-hydrogen) atoms. The van der Waals surface area contributed by atoms with Crippen molar-refractivity contribution in [2.45, 2.75) is 25.8 Å². The molecule has 0 spiro atoms. The molecule has 0 N–H and O–H groups in total. The fourth-order valence-corrected chi connectivity index (χ4v) is 1.71. The predicted molar refractivity (Wildman–Crippen MR) is 64.8 cm³/mol. The van der Waals surface area contributed by atoms with Gasteiger partial charge in [0.1, 0.15) is 18.2 Å². The molecule has 1 fully saturated rings. The summed E-state index contributed by atoms with van der Waals surface area (Å²) < 4.78 is 5.58. The Hall–Kier alpha value is -1.60. The van der Waals surface area contributed by atoms with E-state index in [1.165, 1.54) is 12.8 Å². The molecule has 2 rings (SSSR count). The van der Waals surface area contributed by atoms with Crippen molar-refractivity contribution in [2.24, 2.45) is 0 Å². The predicted octanol–water partition coefficient (Wildman–Crippen LogP) is 1.73. The first kappa shape index (κ1) is 11.9. The average molecular weight is 231 g/mol. The SMILES string of the molecule is Cc1ccc(C#N)c(OCCN(C)C2CC2)n1. The van der Waals surface area contributed by atoms with Crippen LogP contribution >= 0.6 is 0 Å². The maximum absolute atomic E-state index is 8.94. The average Bonchev–Trinajstić information content (AvgIpc) is 3.13. The van der Waals surface area contributed by atoms with E-state index in [1.54, 1.807) is 6.07 Å². The molecule has 1 aromatic rings. The Bertz CT molecular complexity index is 435. The molecule has 0 bridgehead atoms. The van der Waals surface area contributed by atoms with Crippen LogP contribution in [-0.2, 0) is 0 Å². The van der Waals surface area contributed by atoms with Gasteiger partial charge in [0.05, 0.1) is 0 Å². The van der Waals surface area contributed by atoms with Gasteiger partial charge in [-0.15, -0.1) is 0 Å². The second-order valence-corrected chi connectivity index (χ2v) is 4.48. The van der Waals surface area contributed by atoms with Crippen LogP contribution in [0.4, 0.5) is 0 Å². The highest BCUT2D eigenvalue weighted by molar-refractivity contribution is 5.38. The van der Waals surface area contributed by atoms with Crippen molar-refractivity contribution >= 4 is 0 Å². The Morgan fingerprint density at radius 3 is 2.94 bits per heavy atom. The van der Waals surface area contributed by atoms with Crippen LogP contribution < -0.4 is 4.74 Å². The number of nitriles is 1. The molecule has 0 aromatic carbocycles. The molecule has 1 heterocycles. The minimum atomic E-state index is 0.455. The van der Waals surface area contributed by atoms with Crippen LogP contribution in [-0.4, -0.2) is 36.1 Å². The third-order valence-corrected chi connectivity index (χ3v) is 2.97. The largest absolute Gasteiger partial charge is 0.475 e. The van der Waals surface area contributed by atoms with Crippen molar-refractivity contribution in [1.82, 2.24) is 9.88 Å². The summed E-state index contributed by atoms with van der Waals surface area (Å²) in [5.74, 6) is 0.455. The van der Waals surface area contributed by atoms with Crippen LogP contribution in [0.3, 0.4) is 0 Å². The smallest absolute Gasteiger partial charge is 0.231 e. The first-order valence-electron chi connectivity index (χ1n) is 5.91. The van der Waals surface area contributed by atoms with Crippen molar-refractivity contribution in [3.05, 3.63) is 23.4 Å². The highest BCUT2D eigenvalue weighted by atomic mass is 16.5. The monoisotopic (exact) mass is 231 g/mol. The van der Waals surface area contributed by atoms with Crippen LogP contribution in [0.2, 0.25) is 0 Å². The highest BCUT2D eigenvalue weighted by Crippen LogP contribution is 2.24. The normalized spacial score (nSPS) is 14.7. The standard InChI is InChI=1S/C13H17N3O/c1-10-3-4-11(9-14)13(15-10)17-8-7-16(2)12-5-6-12/h3-4,12H,5-8H2,1-2H3. The molecule has 0 saturated heterocycles. The van der Waals surface area contributed by atoms with Gasteiger partial charge in [0.15, 0.2) is 0 Å². The molecule has 0 atom stereocenters. The molecule has 4 heteroatoms. The molecule has 0 radical (unpaired) electrons. The number of likely N-dealkylation sites (N-methyl/N-ethyl adjacent to an activating group) is 1. The number of hydrogen-bond donors (Lipinski definition) is 0. The second-order valence-electron chi connectivity index (χ2n) is 4.48. The van der Waals surface area contributed by atoms with Gasteiger partial charge in [-0.3, -0.25) is 0 Å². The van der Waals surface area contributed by atoms with Crippen molar-refractivity contribution in [1.29, 1.82) is 5.26 Å². The number of nitrogens with zero attached hydrogens (tertiary/aromatic N) is 3. The Labute approximate surface area is 102 Å². The maximum Gasteiger partial charge on any atom is 0.231 e. The minimum absolute atomic E-state index is 0.455. The summed E-state index contributed by atoms with van der Waals surface area (Å²) in [6.45, 7) is 3.35. The molecule has 4 nitrogen and oxygen atoms in total. The molecule has 1 aliphatic rings. The lowest BCUT2D eigenvalue weighted by molar-refractivity contribution is 0.226. The number of rotatable bonds is 5. The summed E-state index contributed by atoms with van der Waals surface area (Å²) >= 11 is 0. The van der Waals surface area contributed by atoms with E-state index in [-0.39, 0.29) is 0 Å². The summed E-state index contributed by atoms with van der Waals surface area (Å²) in [6.07, 6.45) is 2.59. The highest BCUT2D eigenvalue weighted by Gasteiger charge is 2.25. The van der Waals surface area contributed by atoms with E-state index >= 15 is 0 Å². The van der Waals surface area contributed by atoms with E-state index in [0.29, 0.717) is 18.1 Å². The molecule has 0 aliphatic heterocycles. The van der Waals surface area contributed by atoms with Crippen molar-refractivity contribution in [3.8, 4) is 11.9 Å². The number of ether oxygens (including phenoxy) is 1. The zero-order chi connectivity index (χ0) is 12.3. The molecule has 1 saturated carbocycles. The maximum atomic E-state index is 8.94. The summed E-state index contributed by atoms with van der Waals surface area (Å²) in [7, 11) is 2.11. The number of pyridine rings is 1. The molecule has 0 amide bonds. The molecule has 0 unspecified atom stereocenters. The van der Waals surface area contributed by atoms with Crippen LogP contribution in [0.1, 0.15) is 24.1 Å². The van der Waals surface area contributed by atoms with Gasteiger partial charge < -0.3 is 9.64 Å². The first-order valence-corrected chi connectivity index (χ1v) is 5.91. The number of hydrogen-bond acceptors (Lipinski definition) is 4. The number of aryl methyl sites for hydroxylation is 1. The van der Waals surface area contributed by atoms with Gasteiger partial charge in [0, 0.05) is 18.3 Å². The Balaban J connectivity index is 1.89. The van der Waals surface area contributed by atoms with Crippen LogP contribution in [0.5, 0.6) is 5.88 Å². The lowest BCUT2D eigenvalue weighted by Crippen LogP contribution is -2.26. The Morgan fingerprint density at radius 2 is 2.29 bits per heavy atom. The summed E-state index contributed by atoms with van der Waals surface area (Å²) in [4.78, 5) is 6.53. The van der Waals surface area contributed by atoms with Gasteiger partial charge >= 0.3 is 0 Å². The minimum Gasteiger partial charge on any atom is -0.475 e. The van der Waals surface area contributed by atoms with Gasteiger partial charge in [-0.2, -0.15) is 5.26 Å². The third kappa shape index (κ3) is 3.18. The van der Waals surface area contributed by atoms with Crippen LogP contribution in [0.25, 0.3) is 0 Å². The van der Waals surface area contributed by atoms with Gasteiger partial charge in [-0.1, -0.05) is 0 Å². The van der Waals surface area contributed by atoms with E-state index in [1.807, 2.05) is 13.0 Å². The molecular weight excluding hydrogens is 214 g/mol. The van der Waals surface area contributed by atoms with E-state index in [0.717, 1.165) is 18.3 Å². The fraction of sp³-hybridized carbons (Fsp3) is 0.538. The fourth-order valence-electron chi connectivity index (χ4n) is 1.71. The topological polar surface area (TPSA) is 49.1 Å². The zero-order valence-electron chi connectivity index (χ0n) is 10.3. The van der Waals surface area contributed by atoms with Crippen molar-refractivity contribution in [3.63, 3.8) is 0 Å². The van der Waals surface area contributed by atoms with E-state index in [9.17, 15) is 0 Å². The Morgan fingerprint density at radius 1 is 1.53 bits per heavy atom. The van der Waals surface area contributed by atoms with Crippen molar-refractivity contribution in [2.75, 3.05) is 20.2 Å². The zero-order valence-corrected chi connectivity index (χ0v) is 10.3. The summed E-state index contributed by atoms with van der Waals surface area (Å²) in [5, 5.41) is 8.94. The van der Waals surface area contributed by atoms with E-state index in [2.05, 4.69) is 23.0 Å². The molecule has 1 aromatic heterocycles. The molecular formula is C13H17N3O. The number of aromatic nitrogens is 1. The van der Waals surface area contributed by atoms with Crippen molar-refractivity contribution < 1.29 is 4.74 Å². The summed E-state index contributed by atoms with van der Waals surface area (Å²) in [5.41, 5.74) is 1.37. The van der Waals surface area contributed by atoms with Gasteiger partial charge in [0.25, 0.3) is 0 Å². The summed E-state index contributed by atoms with van der Waals surface area (Å²) in [6, 6.07) is 6.40. The second kappa shape index (κ2) is 5.15. The van der Waals surface area contributed by atoms with E-state index in [4.69, 9.17) is 10.00 Å². The Kier molecular flexibility index (Phi) is 3.60. The first-order chi connectivity index (χ1) is 8.20. The van der Waals surface area contributed by atoms with Gasteiger partial charge in [0.2, 0.25) is 5.88 Å². The van der Waals surface area contributed by atoms with E-state index < -0.39 is 0 Å². The lowest BCUT2D eigenvalue weighted by Gasteiger charge is -2.15. The molecule has 1 aliphatic carbocycles. The molecule has 90 valence electrons.